The molecule has 3 rings (SSSR count). The van der Waals surface area contributed by atoms with Gasteiger partial charge in [-0.2, -0.15) is 0 Å². The van der Waals surface area contributed by atoms with Crippen molar-refractivity contribution in [2.75, 3.05) is 7.11 Å². The zero-order valence-corrected chi connectivity index (χ0v) is 10.8. The summed E-state index contributed by atoms with van der Waals surface area (Å²) in [7, 11) is 1.60. The van der Waals surface area contributed by atoms with Gasteiger partial charge >= 0.3 is 0 Å². The molecule has 0 fully saturated rings. The van der Waals surface area contributed by atoms with Gasteiger partial charge in [-0.1, -0.05) is 6.07 Å². The average molecular weight is 269 g/mol. The van der Waals surface area contributed by atoms with Crippen molar-refractivity contribution in [1.29, 1.82) is 0 Å². The van der Waals surface area contributed by atoms with E-state index in [0.29, 0.717) is 22.8 Å². The SMILES string of the molecule is COc1cccc(Oc2ccnc3cc(F)ccc23)c1. The van der Waals surface area contributed by atoms with Crippen molar-refractivity contribution >= 4 is 10.9 Å². The summed E-state index contributed by atoms with van der Waals surface area (Å²) in [6, 6.07) is 13.5. The Hall–Kier alpha value is -2.62. The molecule has 0 N–H and O–H groups in total. The molecule has 0 saturated carbocycles. The fraction of sp³-hybridized carbons (Fsp3) is 0.0625. The van der Waals surface area contributed by atoms with E-state index in [1.54, 1.807) is 31.5 Å². The summed E-state index contributed by atoms with van der Waals surface area (Å²) in [5.74, 6) is 1.68. The summed E-state index contributed by atoms with van der Waals surface area (Å²) in [6.07, 6.45) is 1.59. The van der Waals surface area contributed by atoms with Crippen molar-refractivity contribution < 1.29 is 13.9 Å². The molecule has 0 unspecified atom stereocenters. The van der Waals surface area contributed by atoms with Gasteiger partial charge in [-0.25, -0.2) is 4.39 Å². The average Bonchev–Trinajstić information content (AvgIpc) is 2.47. The molecule has 2 aromatic carbocycles. The van der Waals surface area contributed by atoms with E-state index >= 15 is 0 Å². The molecule has 0 atom stereocenters. The van der Waals surface area contributed by atoms with E-state index in [1.165, 1.54) is 12.1 Å². The second-order valence-corrected chi connectivity index (χ2v) is 4.25. The van der Waals surface area contributed by atoms with Gasteiger partial charge in [0.1, 0.15) is 23.1 Å². The van der Waals surface area contributed by atoms with E-state index in [1.807, 2.05) is 18.2 Å². The maximum atomic E-state index is 13.2. The summed E-state index contributed by atoms with van der Waals surface area (Å²) < 4.78 is 24.2. The molecule has 3 aromatic rings. The van der Waals surface area contributed by atoms with E-state index in [0.717, 1.165) is 5.39 Å². The Morgan fingerprint density at radius 2 is 1.85 bits per heavy atom. The highest BCUT2D eigenvalue weighted by Crippen LogP contribution is 2.30. The van der Waals surface area contributed by atoms with Crippen LogP contribution in [0.25, 0.3) is 10.9 Å². The first kappa shape index (κ1) is 12.4. The molecule has 0 aliphatic carbocycles. The first-order valence-electron chi connectivity index (χ1n) is 6.12. The zero-order valence-electron chi connectivity index (χ0n) is 10.8. The molecule has 0 aliphatic rings. The minimum atomic E-state index is -0.316. The van der Waals surface area contributed by atoms with Gasteiger partial charge in [-0.05, 0) is 30.3 Å². The number of benzene rings is 2. The maximum Gasteiger partial charge on any atom is 0.138 e. The molecule has 0 spiro atoms. The number of aromatic nitrogens is 1. The normalized spacial score (nSPS) is 10.5. The number of fused-ring (bicyclic) bond motifs is 1. The molecular weight excluding hydrogens is 257 g/mol. The van der Waals surface area contributed by atoms with Crippen LogP contribution in [0, 0.1) is 5.82 Å². The van der Waals surface area contributed by atoms with Crippen molar-refractivity contribution in [2.45, 2.75) is 0 Å². The van der Waals surface area contributed by atoms with Crippen LogP contribution >= 0.6 is 0 Å². The predicted molar refractivity (Wildman–Crippen MR) is 74.8 cm³/mol. The number of rotatable bonds is 3. The van der Waals surface area contributed by atoms with Crippen LogP contribution in [0.4, 0.5) is 4.39 Å². The third kappa shape index (κ3) is 2.40. The van der Waals surface area contributed by atoms with Gasteiger partial charge < -0.3 is 9.47 Å². The second-order valence-electron chi connectivity index (χ2n) is 4.25. The van der Waals surface area contributed by atoms with Gasteiger partial charge in [0.05, 0.1) is 12.6 Å². The Morgan fingerprint density at radius 3 is 2.70 bits per heavy atom. The van der Waals surface area contributed by atoms with Crippen molar-refractivity contribution in [3.63, 3.8) is 0 Å². The Morgan fingerprint density at radius 1 is 1.00 bits per heavy atom. The number of nitrogens with zero attached hydrogens (tertiary/aromatic N) is 1. The molecule has 1 aromatic heterocycles. The fourth-order valence-corrected chi connectivity index (χ4v) is 1.98. The van der Waals surface area contributed by atoms with Crippen molar-refractivity contribution in [3.05, 3.63) is 60.5 Å². The zero-order chi connectivity index (χ0) is 13.9. The molecule has 1 heterocycles. The van der Waals surface area contributed by atoms with Crippen LogP contribution < -0.4 is 9.47 Å². The highest BCUT2D eigenvalue weighted by atomic mass is 19.1. The maximum absolute atomic E-state index is 13.2. The lowest BCUT2D eigenvalue weighted by molar-refractivity contribution is 0.409. The summed E-state index contributed by atoms with van der Waals surface area (Å²) in [5.41, 5.74) is 0.561. The largest absolute Gasteiger partial charge is 0.497 e. The third-order valence-electron chi connectivity index (χ3n) is 2.93. The van der Waals surface area contributed by atoms with Crippen LogP contribution in [-0.2, 0) is 0 Å². The first-order chi connectivity index (χ1) is 9.76. The minimum Gasteiger partial charge on any atom is -0.497 e. The molecule has 100 valence electrons. The van der Waals surface area contributed by atoms with E-state index < -0.39 is 0 Å². The van der Waals surface area contributed by atoms with Crippen LogP contribution in [0.3, 0.4) is 0 Å². The summed E-state index contributed by atoms with van der Waals surface area (Å²) in [6.45, 7) is 0. The predicted octanol–water partition coefficient (Wildman–Crippen LogP) is 4.17. The Labute approximate surface area is 115 Å². The Balaban J connectivity index is 2.02. The molecule has 0 aliphatic heterocycles. The van der Waals surface area contributed by atoms with Crippen LogP contribution in [-0.4, -0.2) is 12.1 Å². The number of ether oxygens (including phenoxy) is 2. The highest BCUT2D eigenvalue weighted by molar-refractivity contribution is 5.85. The third-order valence-corrected chi connectivity index (χ3v) is 2.93. The molecule has 0 bridgehead atoms. The summed E-state index contributed by atoms with van der Waals surface area (Å²) >= 11 is 0. The van der Waals surface area contributed by atoms with E-state index in [9.17, 15) is 4.39 Å². The van der Waals surface area contributed by atoms with Crippen LogP contribution in [0.1, 0.15) is 0 Å². The van der Waals surface area contributed by atoms with Crippen molar-refractivity contribution in [1.82, 2.24) is 4.98 Å². The molecule has 0 saturated heterocycles. The van der Waals surface area contributed by atoms with Crippen molar-refractivity contribution in [3.8, 4) is 17.2 Å². The Kier molecular flexibility index (Phi) is 3.21. The Bertz CT molecular complexity index is 758. The van der Waals surface area contributed by atoms with Gasteiger partial charge in [0.2, 0.25) is 0 Å². The fourth-order valence-electron chi connectivity index (χ4n) is 1.98. The van der Waals surface area contributed by atoms with Gasteiger partial charge in [-0.15, -0.1) is 0 Å². The van der Waals surface area contributed by atoms with Crippen LogP contribution in [0.2, 0.25) is 0 Å². The number of hydrogen-bond donors (Lipinski definition) is 0. The molecule has 0 amide bonds. The van der Waals surface area contributed by atoms with E-state index in [-0.39, 0.29) is 5.82 Å². The molecule has 3 nitrogen and oxygen atoms in total. The lowest BCUT2D eigenvalue weighted by atomic mass is 10.2. The highest BCUT2D eigenvalue weighted by Gasteiger charge is 2.06. The van der Waals surface area contributed by atoms with E-state index in [2.05, 4.69) is 4.98 Å². The van der Waals surface area contributed by atoms with Crippen LogP contribution in [0.5, 0.6) is 17.2 Å². The molecule has 0 radical (unpaired) electrons. The first-order valence-corrected chi connectivity index (χ1v) is 6.12. The summed E-state index contributed by atoms with van der Waals surface area (Å²) in [5, 5.41) is 0.761. The minimum absolute atomic E-state index is 0.316. The lowest BCUT2D eigenvalue weighted by Crippen LogP contribution is -1.89. The second kappa shape index (κ2) is 5.17. The number of halogens is 1. The van der Waals surface area contributed by atoms with Gasteiger partial charge in [0, 0.05) is 23.7 Å². The molecule has 4 heteroatoms. The van der Waals surface area contributed by atoms with Gasteiger partial charge in [0.15, 0.2) is 0 Å². The van der Waals surface area contributed by atoms with E-state index in [4.69, 9.17) is 9.47 Å². The van der Waals surface area contributed by atoms with Gasteiger partial charge in [0.25, 0.3) is 0 Å². The molecule has 20 heavy (non-hydrogen) atoms. The number of pyridine rings is 1. The van der Waals surface area contributed by atoms with Crippen molar-refractivity contribution in [2.24, 2.45) is 0 Å². The number of hydrogen-bond acceptors (Lipinski definition) is 3. The summed E-state index contributed by atoms with van der Waals surface area (Å²) in [4.78, 5) is 4.13. The standard InChI is InChI=1S/C16H12FNO2/c1-19-12-3-2-4-13(10-12)20-16-7-8-18-15-9-11(17)5-6-14(15)16/h2-10H,1H3. The number of methoxy groups -OCH3 is 1. The lowest BCUT2D eigenvalue weighted by Gasteiger charge is -2.09. The molecular formula is C16H12FNO2. The monoisotopic (exact) mass is 269 g/mol. The quantitative estimate of drug-likeness (QED) is 0.715. The smallest absolute Gasteiger partial charge is 0.138 e. The van der Waals surface area contributed by atoms with Crippen LogP contribution in [0.15, 0.2) is 54.7 Å². The topological polar surface area (TPSA) is 31.4 Å². The van der Waals surface area contributed by atoms with Gasteiger partial charge in [-0.3, -0.25) is 4.98 Å².